The predicted octanol–water partition coefficient (Wildman–Crippen LogP) is 7.16. The summed E-state index contributed by atoms with van der Waals surface area (Å²) in [6.07, 6.45) is 3.37. The fourth-order valence-corrected chi connectivity index (χ4v) is 7.28. The fourth-order valence-electron chi connectivity index (χ4n) is 7.28. The summed E-state index contributed by atoms with van der Waals surface area (Å²) < 4.78 is 37.1. The smallest absolute Gasteiger partial charge is 0.204 e. The Morgan fingerprint density at radius 2 is 1.24 bits per heavy atom. The number of nitrogens with zero attached hydrogens (tertiary/aromatic N) is 2. The van der Waals surface area contributed by atoms with E-state index in [-0.39, 0.29) is 12.1 Å². The van der Waals surface area contributed by atoms with Crippen molar-refractivity contribution < 1.29 is 28.4 Å². The molecule has 0 radical (unpaired) electrons. The highest BCUT2D eigenvalue weighted by molar-refractivity contribution is 5.64. The van der Waals surface area contributed by atoms with E-state index in [1.165, 1.54) is 22.3 Å². The van der Waals surface area contributed by atoms with Crippen LogP contribution in [0.25, 0.3) is 0 Å². The van der Waals surface area contributed by atoms with Crippen LogP contribution < -0.4 is 28.4 Å². The summed E-state index contributed by atoms with van der Waals surface area (Å²) >= 11 is 0. The van der Waals surface area contributed by atoms with Crippen LogP contribution in [0.1, 0.15) is 45.5 Å². The second kappa shape index (κ2) is 12.4. The highest BCUT2D eigenvalue weighted by Crippen LogP contribution is 2.52. The summed E-state index contributed by atoms with van der Waals surface area (Å²) in [4.78, 5) is 4.81. The highest BCUT2D eigenvalue weighted by Gasteiger charge is 2.34. The Morgan fingerprint density at radius 1 is 0.609 bits per heavy atom. The fraction of sp³-hybridized carbons (Fsp3) is 0.368. The van der Waals surface area contributed by atoms with Crippen LogP contribution in [-0.2, 0) is 25.7 Å². The molecule has 4 heterocycles. The molecule has 8 nitrogen and oxygen atoms in total. The average Bonchev–Trinajstić information content (AvgIpc) is 3.07. The van der Waals surface area contributed by atoms with Gasteiger partial charge in [0.2, 0.25) is 5.75 Å². The number of rotatable bonds is 4. The molecule has 4 aliphatic heterocycles. The number of hydrogen-bond donors (Lipinski definition) is 0. The number of benzene rings is 4. The van der Waals surface area contributed by atoms with Crippen molar-refractivity contribution in [2.45, 2.75) is 37.8 Å². The molecule has 8 rings (SSSR count). The first-order valence-corrected chi connectivity index (χ1v) is 15.9. The van der Waals surface area contributed by atoms with Gasteiger partial charge in [-0.1, -0.05) is 18.2 Å². The zero-order chi connectivity index (χ0) is 31.9. The van der Waals surface area contributed by atoms with Crippen molar-refractivity contribution in [1.82, 2.24) is 9.80 Å². The summed E-state index contributed by atoms with van der Waals surface area (Å²) in [6.45, 7) is 1.86. The van der Waals surface area contributed by atoms with Gasteiger partial charge < -0.3 is 28.4 Å². The molecule has 4 aromatic rings. The van der Waals surface area contributed by atoms with Crippen LogP contribution in [-0.4, -0.2) is 65.4 Å². The number of methoxy groups -OCH3 is 4. The molecule has 0 saturated heterocycles. The molecular formula is C38H42N2O6. The number of fused-ring (bicyclic) bond motifs is 2. The van der Waals surface area contributed by atoms with Crippen molar-refractivity contribution >= 4 is 0 Å². The van der Waals surface area contributed by atoms with Gasteiger partial charge in [-0.2, -0.15) is 0 Å². The van der Waals surface area contributed by atoms with E-state index in [1.54, 1.807) is 28.4 Å². The molecule has 0 aromatic heterocycles. The summed E-state index contributed by atoms with van der Waals surface area (Å²) in [5.74, 6) is 5.41. The first-order chi connectivity index (χ1) is 22.4. The van der Waals surface area contributed by atoms with Gasteiger partial charge >= 0.3 is 0 Å². The van der Waals surface area contributed by atoms with E-state index in [1.807, 2.05) is 18.2 Å². The van der Waals surface area contributed by atoms with E-state index in [9.17, 15) is 0 Å². The average molecular weight is 623 g/mol. The van der Waals surface area contributed by atoms with Crippen molar-refractivity contribution in [2.75, 3.05) is 55.6 Å². The van der Waals surface area contributed by atoms with E-state index in [2.05, 4.69) is 66.4 Å². The van der Waals surface area contributed by atoms with Crippen molar-refractivity contribution in [3.05, 3.63) is 94.0 Å². The Hall–Kier alpha value is -4.40. The van der Waals surface area contributed by atoms with Gasteiger partial charge in [0.1, 0.15) is 5.75 Å². The molecule has 8 heteroatoms. The van der Waals surface area contributed by atoms with Crippen LogP contribution in [0.4, 0.5) is 0 Å². The zero-order valence-corrected chi connectivity index (χ0v) is 27.5. The van der Waals surface area contributed by atoms with Crippen molar-refractivity contribution in [2.24, 2.45) is 0 Å². The Bertz CT molecular complexity index is 1750. The maximum absolute atomic E-state index is 7.03. The van der Waals surface area contributed by atoms with Gasteiger partial charge in [-0.3, -0.25) is 9.80 Å². The monoisotopic (exact) mass is 622 g/mol. The van der Waals surface area contributed by atoms with Crippen LogP contribution in [0.5, 0.6) is 46.0 Å². The number of ether oxygens (including phenoxy) is 6. The van der Waals surface area contributed by atoms with Crippen LogP contribution in [0.15, 0.2) is 60.7 Å². The van der Waals surface area contributed by atoms with Crippen molar-refractivity contribution in [1.29, 1.82) is 0 Å². The molecule has 6 bridgehead atoms. The molecule has 4 aromatic carbocycles. The van der Waals surface area contributed by atoms with Crippen molar-refractivity contribution in [3.63, 3.8) is 0 Å². The third-order valence-electron chi connectivity index (χ3n) is 9.85. The Labute approximate surface area is 271 Å². The SMILES string of the molecule is COc1ccc2cc1Oc1ccc(cc1)CC1c3cc(c(OC)cc3CCN1C)Oc1c(OC)c(OC)cc3c1[C@H](C2)N(C)CC3. The molecule has 0 N–H and O–H groups in total. The first-order valence-electron chi connectivity index (χ1n) is 15.9. The molecule has 0 fully saturated rings. The van der Waals surface area contributed by atoms with E-state index >= 15 is 0 Å². The van der Waals surface area contributed by atoms with Gasteiger partial charge in [-0.05, 0) is 110 Å². The Balaban J connectivity index is 1.47. The molecule has 240 valence electrons. The highest BCUT2D eigenvalue weighted by atomic mass is 16.5. The summed E-state index contributed by atoms with van der Waals surface area (Å²) in [5, 5.41) is 0. The van der Waals surface area contributed by atoms with E-state index in [4.69, 9.17) is 28.4 Å². The Kier molecular flexibility index (Phi) is 8.17. The molecule has 0 saturated carbocycles. The van der Waals surface area contributed by atoms with Gasteiger partial charge in [-0.25, -0.2) is 0 Å². The lowest BCUT2D eigenvalue weighted by atomic mass is 9.87. The van der Waals surface area contributed by atoms with E-state index in [0.29, 0.717) is 40.2 Å². The molecule has 46 heavy (non-hydrogen) atoms. The van der Waals surface area contributed by atoms with Crippen LogP contribution in [0.2, 0.25) is 0 Å². The number of likely N-dealkylation sites (N-methyl/N-ethyl adjacent to an activating group) is 2. The third-order valence-corrected chi connectivity index (χ3v) is 9.85. The van der Waals surface area contributed by atoms with E-state index in [0.717, 1.165) is 55.6 Å². The lowest BCUT2D eigenvalue weighted by Gasteiger charge is -2.37. The maximum Gasteiger partial charge on any atom is 0.204 e. The largest absolute Gasteiger partial charge is 0.493 e. The second-order valence-electron chi connectivity index (χ2n) is 12.5. The molecule has 0 amide bonds. The summed E-state index contributed by atoms with van der Waals surface area (Å²) in [7, 11) is 11.1. The molecule has 0 spiro atoms. The Morgan fingerprint density at radius 3 is 1.96 bits per heavy atom. The van der Waals surface area contributed by atoms with Gasteiger partial charge in [0.15, 0.2) is 34.5 Å². The van der Waals surface area contributed by atoms with Gasteiger partial charge in [-0.15, -0.1) is 0 Å². The number of hydrogen-bond acceptors (Lipinski definition) is 8. The van der Waals surface area contributed by atoms with E-state index < -0.39 is 0 Å². The quantitative estimate of drug-likeness (QED) is 0.238. The van der Waals surface area contributed by atoms with Crippen LogP contribution in [0.3, 0.4) is 0 Å². The van der Waals surface area contributed by atoms with Gasteiger partial charge in [0.05, 0.1) is 28.4 Å². The summed E-state index contributed by atoms with van der Waals surface area (Å²) in [5.41, 5.74) is 7.15. The van der Waals surface area contributed by atoms with Gasteiger partial charge in [0.25, 0.3) is 0 Å². The predicted molar refractivity (Wildman–Crippen MR) is 178 cm³/mol. The van der Waals surface area contributed by atoms with Gasteiger partial charge in [0, 0.05) is 30.7 Å². The molecule has 0 aliphatic carbocycles. The maximum atomic E-state index is 7.03. The molecule has 2 atom stereocenters. The van der Waals surface area contributed by atoms with Crippen LogP contribution >= 0.6 is 0 Å². The van der Waals surface area contributed by atoms with Crippen molar-refractivity contribution in [3.8, 4) is 46.0 Å². The molecule has 1 unspecified atom stereocenters. The topological polar surface area (TPSA) is 61.9 Å². The zero-order valence-electron chi connectivity index (χ0n) is 27.5. The molecule has 4 aliphatic rings. The third kappa shape index (κ3) is 5.39. The minimum Gasteiger partial charge on any atom is -0.493 e. The van der Waals surface area contributed by atoms with Crippen LogP contribution in [0, 0.1) is 0 Å². The minimum atomic E-state index is 0.000437. The summed E-state index contributed by atoms with van der Waals surface area (Å²) in [6, 6.07) is 21.2. The first kappa shape index (κ1) is 30.3. The lowest BCUT2D eigenvalue weighted by Crippen LogP contribution is -2.34. The molecular weight excluding hydrogens is 580 g/mol. The second-order valence-corrected chi connectivity index (χ2v) is 12.5. The standard InChI is InChI=1S/C38H42N2O6/c1-39-15-13-25-20-32(42-4)34-22-28(25)29(39)17-23-7-10-27(11-8-23)45-33-19-24(9-12-31(33)41-3)18-30-36-26(14-16-40(30)2)21-35(43-5)37(44-6)38(36)46-34/h7-12,19-22,29-30H,13-18H2,1-6H3/t29?,30-/m0/s1. The lowest BCUT2D eigenvalue weighted by molar-refractivity contribution is 0.220. The minimum absolute atomic E-state index is 0.000437. The normalized spacial score (nSPS) is 19.2.